The van der Waals surface area contributed by atoms with Crippen molar-refractivity contribution in [1.29, 1.82) is 0 Å². The van der Waals surface area contributed by atoms with Gasteiger partial charge in [-0.15, -0.1) is 0 Å². The second-order valence-electron chi connectivity index (χ2n) is 7.41. The topological polar surface area (TPSA) is 106 Å². The van der Waals surface area contributed by atoms with E-state index in [9.17, 15) is 14.4 Å². The molecule has 2 aromatic heterocycles. The van der Waals surface area contributed by atoms with Crippen LogP contribution in [-0.2, 0) is 16.6 Å². The second kappa shape index (κ2) is 8.52. The minimum atomic E-state index is -1.05. The van der Waals surface area contributed by atoms with E-state index in [1.807, 2.05) is 24.3 Å². The molecule has 0 aliphatic carbocycles. The van der Waals surface area contributed by atoms with Gasteiger partial charge in [-0.05, 0) is 37.8 Å². The number of carbonyl (C=O) groups excluding carboxylic acids is 2. The maximum absolute atomic E-state index is 12.6. The lowest BCUT2D eigenvalue weighted by atomic mass is 9.97. The molecule has 0 radical (unpaired) electrons. The normalized spacial score (nSPS) is 13.1. The first-order chi connectivity index (χ1) is 14.2. The van der Waals surface area contributed by atoms with Crippen molar-refractivity contribution in [2.75, 3.05) is 5.32 Å². The van der Waals surface area contributed by atoms with Crippen LogP contribution in [0.15, 0.2) is 35.1 Å². The number of aryl methyl sites for hydroxylation is 2. The lowest BCUT2D eigenvalue weighted by molar-refractivity contribution is -0.123. The van der Waals surface area contributed by atoms with Crippen molar-refractivity contribution in [3.63, 3.8) is 0 Å². The van der Waals surface area contributed by atoms with Crippen molar-refractivity contribution in [3.05, 3.63) is 57.5 Å². The summed E-state index contributed by atoms with van der Waals surface area (Å²) in [5, 5.41) is 7.44. The third-order valence-corrected chi connectivity index (χ3v) is 5.23. The Kier molecular flexibility index (Phi) is 6.05. The Labute approximate surface area is 174 Å². The third-order valence-electron chi connectivity index (χ3n) is 5.23. The zero-order chi connectivity index (χ0) is 22.0. The number of carbonyl (C=O) groups is 2. The molecular weight excluding hydrogens is 384 g/mol. The zero-order valence-electron chi connectivity index (χ0n) is 17.8. The minimum Gasteiger partial charge on any atom is -0.448 e. The molecule has 2 N–H and O–H groups in total. The molecular formula is C22H26N4O4. The number of rotatable bonds is 6. The number of fused-ring (bicyclic) bond motifs is 1. The largest absolute Gasteiger partial charge is 0.448 e. The highest BCUT2D eigenvalue weighted by molar-refractivity contribution is 5.98. The lowest BCUT2D eigenvalue weighted by Gasteiger charge is -2.18. The first-order valence-electron chi connectivity index (χ1n) is 9.90. The number of hydrogen-bond donors (Lipinski definition) is 2. The van der Waals surface area contributed by atoms with E-state index in [4.69, 9.17) is 4.74 Å². The number of para-hydroxylation sites is 1. The highest BCUT2D eigenvalue weighted by Gasteiger charge is 2.22. The molecule has 0 saturated carbocycles. The molecule has 2 heterocycles. The molecule has 1 amide bonds. The molecule has 0 fully saturated rings. The Hall–Kier alpha value is -3.42. The number of esters is 1. The van der Waals surface area contributed by atoms with Crippen molar-refractivity contribution in [1.82, 2.24) is 14.8 Å². The Balaban J connectivity index is 1.76. The van der Waals surface area contributed by atoms with E-state index in [2.05, 4.69) is 29.2 Å². The molecule has 0 aliphatic heterocycles. The van der Waals surface area contributed by atoms with Gasteiger partial charge in [0.1, 0.15) is 11.3 Å². The molecule has 0 unspecified atom stereocenters. The van der Waals surface area contributed by atoms with Crippen LogP contribution in [0, 0.1) is 6.92 Å². The van der Waals surface area contributed by atoms with E-state index in [1.165, 1.54) is 17.7 Å². The van der Waals surface area contributed by atoms with Crippen molar-refractivity contribution in [2.24, 2.45) is 7.05 Å². The fourth-order valence-electron chi connectivity index (χ4n) is 3.35. The van der Waals surface area contributed by atoms with Crippen LogP contribution < -0.4 is 10.7 Å². The number of amides is 1. The van der Waals surface area contributed by atoms with Gasteiger partial charge in [0, 0.05) is 18.8 Å². The first kappa shape index (κ1) is 21.3. The number of benzene rings is 1. The van der Waals surface area contributed by atoms with Gasteiger partial charge in [0.05, 0.1) is 11.1 Å². The molecule has 0 spiro atoms. The van der Waals surface area contributed by atoms with Crippen LogP contribution in [-0.4, -0.2) is 32.7 Å². The number of anilines is 1. The summed E-state index contributed by atoms with van der Waals surface area (Å²) in [5.41, 5.74) is 2.34. The van der Waals surface area contributed by atoms with Crippen LogP contribution in [0.3, 0.4) is 0 Å². The average molecular weight is 410 g/mol. The second-order valence-corrected chi connectivity index (χ2v) is 7.41. The number of nitrogens with one attached hydrogen (secondary N) is 2. The zero-order valence-corrected chi connectivity index (χ0v) is 17.8. The average Bonchev–Trinajstić information content (AvgIpc) is 3.01. The van der Waals surface area contributed by atoms with Gasteiger partial charge in [-0.2, -0.15) is 5.10 Å². The lowest BCUT2D eigenvalue weighted by Crippen LogP contribution is -2.31. The first-order valence-corrected chi connectivity index (χ1v) is 9.90. The number of H-pyrrole nitrogens is 1. The van der Waals surface area contributed by atoms with Crippen molar-refractivity contribution < 1.29 is 14.3 Å². The van der Waals surface area contributed by atoms with Gasteiger partial charge >= 0.3 is 5.97 Å². The quantitative estimate of drug-likeness (QED) is 0.607. The van der Waals surface area contributed by atoms with Crippen LogP contribution >= 0.6 is 0 Å². The summed E-state index contributed by atoms with van der Waals surface area (Å²) in [6, 6.07) is 8.73. The van der Waals surface area contributed by atoms with Gasteiger partial charge in [-0.3, -0.25) is 14.3 Å². The van der Waals surface area contributed by atoms with Gasteiger partial charge in [-0.1, -0.05) is 32.0 Å². The van der Waals surface area contributed by atoms with Crippen molar-refractivity contribution in [3.8, 4) is 0 Å². The standard InChI is InChI=1S/C22H26N4O4/c1-6-12(2)15-9-7-8-10-16(15)24-21(28)14(4)30-22(29)17-11-18(27)19-13(3)25-26(5)20(19)23-17/h7-12,14H,6H2,1-5H3,(H,23,27)(H,24,28)/t12-,14-/m0/s1. The van der Waals surface area contributed by atoms with Crippen LogP contribution in [0.4, 0.5) is 5.69 Å². The van der Waals surface area contributed by atoms with Gasteiger partial charge in [-0.25, -0.2) is 4.79 Å². The Morgan fingerprint density at radius 1 is 1.27 bits per heavy atom. The van der Waals surface area contributed by atoms with Crippen molar-refractivity contribution in [2.45, 2.75) is 46.1 Å². The monoisotopic (exact) mass is 410 g/mol. The van der Waals surface area contributed by atoms with Gasteiger partial charge in [0.25, 0.3) is 5.91 Å². The highest BCUT2D eigenvalue weighted by atomic mass is 16.5. The van der Waals surface area contributed by atoms with Gasteiger partial charge < -0.3 is 15.0 Å². The summed E-state index contributed by atoms with van der Waals surface area (Å²) in [5.74, 6) is -0.955. The molecule has 0 saturated heterocycles. The van der Waals surface area contributed by atoms with E-state index in [-0.39, 0.29) is 17.0 Å². The Morgan fingerprint density at radius 3 is 2.67 bits per heavy atom. The molecule has 3 aromatic rings. The number of hydrogen-bond acceptors (Lipinski definition) is 5. The molecule has 0 bridgehead atoms. The number of pyridine rings is 1. The number of ether oxygens (including phenoxy) is 1. The SMILES string of the molecule is CC[C@H](C)c1ccccc1NC(=O)[C@H](C)OC(=O)c1cc(=O)c2c(C)nn(C)c2[nH]1. The number of nitrogens with zero attached hydrogens (tertiary/aromatic N) is 2. The number of aromatic nitrogens is 3. The molecule has 2 atom stereocenters. The maximum Gasteiger partial charge on any atom is 0.355 e. The third kappa shape index (κ3) is 4.12. The molecule has 8 nitrogen and oxygen atoms in total. The van der Waals surface area contributed by atoms with E-state index in [1.54, 1.807) is 14.0 Å². The Morgan fingerprint density at radius 2 is 1.97 bits per heavy atom. The smallest absolute Gasteiger partial charge is 0.355 e. The summed E-state index contributed by atoms with van der Waals surface area (Å²) in [4.78, 5) is 40.4. The molecule has 3 rings (SSSR count). The molecule has 30 heavy (non-hydrogen) atoms. The number of aromatic amines is 1. The van der Waals surface area contributed by atoms with Crippen LogP contribution in [0.25, 0.3) is 11.0 Å². The fraction of sp³-hybridized carbons (Fsp3) is 0.364. The van der Waals surface area contributed by atoms with Crippen LogP contribution in [0.2, 0.25) is 0 Å². The van der Waals surface area contributed by atoms with Gasteiger partial charge in [0.2, 0.25) is 0 Å². The van der Waals surface area contributed by atoms with E-state index in [0.29, 0.717) is 22.4 Å². The molecule has 1 aromatic carbocycles. The van der Waals surface area contributed by atoms with Crippen molar-refractivity contribution >= 4 is 28.6 Å². The maximum atomic E-state index is 12.6. The molecule has 0 aliphatic rings. The molecule has 158 valence electrons. The summed E-state index contributed by atoms with van der Waals surface area (Å²) in [6.07, 6.45) is -0.115. The Bertz CT molecular complexity index is 1160. The predicted molar refractivity (Wildman–Crippen MR) is 115 cm³/mol. The van der Waals surface area contributed by atoms with Gasteiger partial charge in [0.15, 0.2) is 11.5 Å². The van der Waals surface area contributed by atoms with E-state index in [0.717, 1.165) is 12.0 Å². The summed E-state index contributed by atoms with van der Waals surface area (Å²) < 4.78 is 6.79. The van der Waals surface area contributed by atoms with Crippen LogP contribution in [0.1, 0.15) is 54.9 Å². The summed E-state index contributed by atoms with van der Waals surface area (Å²) >= 11 is 0. The summed E-state index contributed by atoms with van der Waals surface area (Å²) in [6.45, 7) is 7.37. The summed E-state index contributed by atoms with van der Waals surface area (Å²) in [7, 11) is 1.67. The molecule has 8 heteroatoms. The van der Waals surface area contributed by atoms with E-state index < -0.39 is 18.0 Å². The predicted octanol–water partition coefficient (Wildman–Crippen LogP) is 3.27. The highest BCUT2D eigenvalue weighted by Crippen LogP contribution is 2.26. The van der Waals surface area contributed by atoms with Crippen LogP contribution in [0.5, 0.6) is 0 Å². The van der Waals surface area contributed by atoms with E-state index >= 15 is 0 Å². The minimum absolute atomic E-state index is 0.0323. The fourth-order valence-corrected chi connectivity index (χ4v) is 3.35.